The van der Waals surface area contributed by atoms with Gasteiger partial charge in [0.1, 0.15) is 0 Å². The molecule has 0 aliphatic rings. The van der Waals surface area contributed by atoms with Gasteiger partial charge < -0.3 is 9.84 Å². The molecule has 22 heavy (non-hydrogen) atoms. The zero-order valence-electron chi connectivity index (χ0n) is 12.7. The van der Waals surface area contributed by atoms with Gasteiger partial charge in [-0.05, 0) is 24.6 Å². The number of rotatable bonds is 7. The smallest absolute Gasteiger partial charge is 0.411 e. The lowest BCUT2D eigenvalue weighted by Gasteiger charge is -2.25. The third-order valence-electron chi connectivity index (χ3n) is 3.39. The van der Waals surface area contributed by atoms with Crippen LogP contribution in [0.3, 0.4) is 0 Å². The van der Waals surface area contributed by atoms with E-state index in [-0.39, 0.29) is 6.10 Å². The molecule has 2 aromatic carbocycles. The number of hydrogen-bond acceptors (Lipinski definition) is 2. The standard InChI is InChI=1S/C18H21NO3/c1-2-22-17(13-15-9-5-3-6-10-15)14-19(18(20)21)16-11-7-4-8-12-16/h3-12,17H,2,13-14H2,1H3,(H,20,21). The van der Waals surface area contributed by atoms with Crippen molar-refractivity contribution in [2.24, 2.45) is 0 Å². The van der Waals surface area contributed by atoms with E-state index in [0.29, 0.717) is 25.3 Å². The van der Waals surface area contributed by atoms with Crippen LogP contribution in [0.5, 0.6) is 0 Å². The normalized spacial score (nSPS) is 11.9. The van der Waals surface area contributed by atoms with Crippen LogP contribution >= 0.6 is 0 Å². The molecule has 0 heterocycles. The summed E-state index contributed by atoms with van der Waals surface area (Å²) in [7, 11) is 0. The molecule has 1 amide bonds. The summed E-state index contributed by atoms with van der Waals surface area (Å²) in [6.45, 7) is 2.79. The fraction of sp³-hybridized carbons (Fsp3) is 0.278. The number of hydrogen-bond donors (Lipinski definition) is 1. The van der Waals surface area contributed by atoms with Crippen molar-refractivity contribution in [3.63, 3.8) is 0 Å². The molecule has 2 aromatic rings. The molecule has 1 atom stereocenters. The highest BCUT2D eigenvalue weighted by atomic mass is 16.5. The van der Waals surface area contributed by atoms with E-state index in [4.69, 9.17) is 4.74 Å². The van der Waals surface area contributed by atoms with Crippen LogP contribution in [-0.2, 0) is 11.2 Å². The molecular weight excluding hydrogens is 278 g/mol. The molecule has 0 saturated carbocycles. The molecule has 0 spiro atoms. The van der Waals surface area contributed by atoms with Crippen LogP contribution < -0.4 is 4.90 Å². The summed E-state index contributed by atoms with van der Waals surface area (Å²) >= 11 is 0. The Bertz CT molecular complexity index is 571. The molecule has 116 valence electrons. The summed E-state index contributed by atoms with van der Waals surface area (Å²) in [4.78, 5) is 12.9. The molecular formula is C18H21NO3. The van der Waals surface area contributed by atoms with Crippen LogP contribution in [0.4, 0.5) is 10.5 Å². The molecule has 0 aliphatic heterocycles. The second-order valence-corrected chi connectivity index (χ2v) is 5.00. The van der Waals surface area contributed by atoms with Gasteiger partial charge in [0.25, 0.3) is 0 Å². The number of carboxylic acid groups (broad SMARTS) is 1. The minimum atomic E-state index is -0.969. The average Bonchev–Trinajstić information content (AvgIpc) is 2.54. The van der Waals surface area contributed by atoms with Crippen molar-refractivity contribution in [2.45, 2.75) is 19.4 Å². The van der Waals surface area contributed by atoms with Gasteiger partial charge in [-0.15, -0.1) is 0 Å². The van der Waals surface area contributed by atoms with Crippen molar-refractivity contribution >= 4 is 11.8 Å². The minimum absolute atomic E-state index is 0.177. The van der Waals surface area contributed by atoms with E-state index in [9.17, 15) is 9.90 Å². The van der Waals surface area contributed by atoms with E-state index >= 15 is 0 Å². The van der Waals surface area contributed by atoms with E-state index in [1.807, 2.05) is 55.5 Å². The predicted molar refractivity (Wildman–Crippen MR) is 87.4 cm³/mol. The topological polar surface area (TPSA) is 49.8 Å². The van der Waals surface area contributed by atoms with Gasteiger partial charge in [-0.25, -0.2) is 4.79 Å². The first kappa shape index (κ1) is 16.0. The molecule has 0 radical (unpaired) electrons. The number of amides is 1. The Morgan fingerprint density at radius 2 is 1.68 bits per heavy atom. The van der Waals surface area contributed by atoms with E-state index in [2.05, 4.69) is 0 Å². The van der Waals surface area contributed by atoms with Crippen LogP contribution in [0.25, 0.3) is 0 Å². The summed E-state index contributed by atoms with van der Waals surface area (Å²) in [6.07, 6.45) is -0.460. The number of benzene rings is 2. The SMILES string of the molecule is CCOC(Cc1ccccc1)CN(C(=O)O)c1ccccc1. The first-order valence-electron chi connectivity index (χ1n) is 7.41. The highest BCUT2D eigenvalue weighted by molar-refractivity contribution is 5.85. The van der Waals surface area contributed by atoms with E-state index in [1.165, 1.54) is 4.90 Å². The summed E-state index contributed by atoms with van der Waals surface area (Å²) in [6, 6.07) is 19.1. The number of anilines is 1. The number of carbonyl (C=O) groups is 1. The molecule has 1 unspecified atom stereocenters. The lowest BCUT2D eigenvalue weighted by molar-refractivity contribution is 0.0675. The number of para-hydroxylation sites is 1. The van der Waals surface area contributed by atoms with Crippen molar-refractivity contribution in [1.29, 1.82) is 0 Å². The minimum Gasteiger partial charge on any atom is -0.465 e. The van der Waals surface area contributed by atoms with Crippen molar-refractivity contribution in [3.8, 4) is 0 Å². The van der Waals surface area contributed by atoms with Gasteiger partial charge in [0.05, 0.1) is 12.6 Å². The molecule has 2 rings (SSSR count). The largest absolute Gasteiger partial charge is 0.465 e. The van der Waals surface area contributed by atoms with Crippen LogP contribution in [0.2, 0.25) is 0 Å². The Labute approximate surface area is 131 Å². The molecule has 0 aliphatic carbocycles. The Morgan fingerprint density at radius 1 is 1.09 bits per heavy atom. The predicted octanol–water partition coefficient (Wildman–Crippen LogP) is 3.82. The van der Waals surface area contributed by atoms with Crippen molar-refractivity contribution in [1.82, 2.24) is 0 Å². The second kappa shape index (κ2) is 8.20. The first-order chi connectivity index (χ1) is 10.7. The molecule has 4 nitrogen and oxygen atoms in total. The van der Waals surface area contributed by atoms with Crippen LogP contribution in [0.15, 0.2) is 60.7 Å². The highest BCUT2D eigenvalue weighted by Gasteiger charge is 2.20. The van der Waals surface area contributed by atoms with E-state index in [0.717, 1.165) is 5.56 Å². The summed E-state index contributed by atoms with van der Waals surface area (Å²) in [5.41, 5.74) is 1.80. The van der Waals surface area contributed by atoms with Crippen LogP contribution in [0.1, 0.15) is 12.5 Å². The lowest BCUT2D eigenvalue weighted by Crippen LogP contribution is -2.38. The molecule has 0 aromatic heterocycles. The van der Waals surface area contributed by atoms with Gasteiger partial charge in [-0.1, -0.05) is 48.5 Å². The molecule has 0 bridgehead atoms. The van der Waals surface area contributed by atoms with Gasteiger partial charge in [0.2, 0.25) is 0 Å². The monoisotopic (exact) mass is 299 g/mol. The summed E-state index contributed by atoms with van der Waals surface area (Å²) in [5.74, 6) is 0. The summed E-state index contributed by atoms with van der Waals surface area (Å²) in [5, 5.41) is 9.48. The second-order valence-electron chi connectivity index (χ2n) is 5.00. The molecule has 0 saturated heterocycles. The van der Waals surface area contributed by atoms with E-state index < -0.39 is 6.09 Å². The van der Waals surface area contributed by atoms with Crippen molar-refractivity contribution in [2.75, 3.05) is 18.1 Å². The maximum absolute atomic E-state index is 11.6. The van der Waals surface area contributed by atoms with Gasteiger partial charge in [-0.2, -0.15) is 0 Å². The van der Waals surface area contributed by atoms with E-state index in [1.54, 1.807) is 12.1 Å². The fourth-order valence-corrected chi connectivity index (χ4v) is 2.39. The number of nitrogens with zero attached hydrogens (tertiary/aromatic N) is 1. The van der Waals surface area contributed by atoms with Gasteiger partial charge in [0, 0.05) is 18.7 Å². The van der Waals surface area contributed by atoms with Crippen molar-refractivity contribution in [3.05, 3.63) is 66.2 Å². The molecule has 4 heteroatoms. The van der Waals surface area contributed by atoms with Crippen LogP contribution in [-0.4, -0.2) is 30.5 Å². The maximum Gasteiger partial charge on any atom is 0.411 e. The Balaban J connectivity index is 2.12. The highest BCUT2D eigenvalue weighted by Crippen LogP contribution is 2.16. The maximum atomic E-state index is 11.6. The van der Waals surface area contributed by atoms with Gasteiger partial charge in [0.15, 0.2) is 0 Å². The zero-order valence-corrected chi connectivity index (χ0v) is 12.7. The Hall–Kier alpha value is -2.33. The summed E-state index contributed by atoms with van der Waals surface area (Å²) < 4.78 is 5.74. The van der Waals surface area contributed by atoms with Crippen LogP contribution in [0, 0.1) is 0 Å². The van der Waals surface area contributed by atoms with Gasteiger partial charge in [-0.3, -0.25) is 4.90 Å². The molecule has 1 N–H and O–H groups in total. The fourth-order valence-electron chi connectivity index (χ4n) is 2.39. The number of ether oxygens (including phenoxy) is 1. The third-order valence-corrected chi connectivity index (χ3v) is 3.39. The lowest BCUT2D eigenvalue weighted by atomic mass is 10.1. The zero-order chi connectivity index (χ0) is 15.8. The van der Waals surface area contributed by atoms with Gasteiger partial charge >= 0.3 is 6.09 Å². The van der Waals surface area contributed by atoms with Crippen molar-refractivity contribution < 1.29 is 14.6 Å². The Kier molecular flexibility index (Phi) is 5.98. The molecule has 0 fully saturated rings. The third kappa shape index (κ3) is 4.60. The average molecular weight is 299 g/mol. The quantitative estimate of drug-likeness (QED) is 0.845. The Morgan fingerprint density at radius 3 is 2.23 bits per heavy atom. The first-order valence-corrected chi connectivity index (χ1v) is 7.41.